The Morgan fingerprint density at radius 2 is 2.30 bits per heavy atom. The number of hydrogen-bond donors (Lipinski definition) is 1. The molecular formula is C15H17N3O2. The van der Waals surface area contributed by atoms with Crippen molar-refractivity contribution < 1.29 is 9.26 Å². The van der Waals surface area contributed by atoms with Crippen LogP contribution in [0.15, 0.2) is 22.7 Å². The molecule has 1 N–H and O–H groups in total. The van der Waals surface area contributed by atoms with Gasteiger partial charge in [-0.3, -0.25) is 0 Å². The lowest BCUT2D eigenvalue weighted by molar-refractivity contribution is 0.322. The second kappa shape index (κ2) is 4.90. The van der Waals surface area contributed by atoms with Crippen LogP contribution in [0.5, 0.6) is 5.75 Å². The Kier molecular flexibility index (Phi) is 2.92. The molecule has 1 saturated heterocycles. The Hall–Kier alpha value is -1.88. The summed E-state index contributed by atoms with van der Waals surface area (Å²) in [6.07, 6.45) is 3.24. The van der Waals surface area contributed by atoms with Gasteiger partial charge in [0.1, 0.15) is 5.75 Å². The standard InChI is InChI=1S/C15H17N3O2/c1-2-12(9-16-6-1)15-17-14(18-20-15)11-3-4-13-10(8-11)5-7-19-13/h3-4,8,12,16H,1-2,5-7,9H2. The second-order valence-corrected chi connectivity index (χ2v) is 5.42. The first-order valence-corrected chi connectivity index (χ1v) is 7.20. The van der Waals surface area contributed by atoms with Crippen LogP contribution in [0.3, 0.4) is 0 Å². The van der Waals surface area contributed by atoms with Crippen molar-refractivity contribution in [2.75, 3.05) is 19.7 Å². The molecule has 5 heteroatoms. The molecule has 0 spiro atoms. The highest BCUT2D eigenvalue weighted by Crippen LogP contribution is 2.30. The lowest BCUT2D eigenvalue weighted by atomic mass is 10.00. The van der Waals surface area contributed by atoms with E-state index in [1.54, 1.807) is 0 Å². The van der Waals surface area contributed by atoms with Crippen LogP contribution < -0.4 is 10.1 Å². The Morgan fingerprint density at radius 1 is 1.30 bits per heavy atom. The normalized spacial score (nSPS) is 21.5. The Morgan fingerprint density at radius 3 is 3.20 bits per heavy atom. The van der Waals surface area contributed by atoms with Gasteiger partial charge in [0.2, 0.25) is 11.7 Å². The van der Waals surface area contributed by atoms with Crippen LogP contribution in [-0.2, 0) is 6.42 Å². The summed E-state index contributed by atoms with van der Waals surface area (Å²) in [6, 6.07) is 6.10. The predicted molar refractivity (Wildman–Crippen MR) is 73.8 cm³/mol. The van der Waals surface area contributed by atoms with E-state index in [4.69, 9.17) is 9.26 Å². The zero-order valence-corrected chi connectivity index (χ0v) is 11.3. The minimum atomic E-state index is 0.350. The van der Waals surface area contributed by atoms with Crippen molar-refractivity contribution in [2.24, 2.45) is 0 Å². The number of benzene rings is 1. The number of fused-ring (bicyclic) bond motifs is 1. The fourth-order valence-electron chi connectivity index (χ4n) is 2.91. The zero-order valence-electron chi connectivity index (χ0n) is 11.3. The van der Waals surface area contributed by atoms with Crippen LogP contribution in [-0.4, -0.2) is 29.8 Å². The van der Waals surface area contributed by atoms with E-state index in [9.17, 15) is 0 Å². The number of rotatable bonds is 2. The third-order valence-electron chi connectivity index (χ3n) is 4.04. The molecule has 0 aliphatic carbocycles. The maximum absolute atomic E-state index is 5.52. The van der Waals surface area contributed by atoms with Gasteiger partial charge < -0.3 is 14.6 Å². The second-order valence-electron chi connectivity index (χ2n) is 5.42. The van der Waals surface area contributed by atoms with Gasteiger partial charge >= 0.3 is 0 Å². The summed E-state index contributed by atoms with van der Waals surface area (Å²) in [5.74, 6) is 2.76. The fraction of sp³-hybridized carbons (Fsp3) is 0.467. The van der Waals surface area contributed by atoms with Gasteiger partial charge in [0.25, 0.3) is 0 Å². The molecule has 3 heterocycles. The zero-order chi connectivity index (χ0) is 13.4. The van der Waals surface area contributed by atoms with E-state index in [0.717, 1.165) is 49.7 Å². The molecule has 0 bridgehead atoms. The molecule has 1 unspecified atom stereocenters. The minimum absolute atomic E-state index is 0.350. The van der Waals surface area contributed by atoms with Crippen LogP contribution in [0, 0.1) is 0 Å². The highest BCUT2D eigenvalue weighted by atomic mass is 16.5. The number of nitrogens with zero attached hydrogens (tertiary/aromatic N) is 2. The number of aromatic nitrogens is 2. The van der Waals surface area contributed by atoms with E-state index in [0.29, 0.717) is 11.7 Å². The third-order valence-corrected chi connectivity index (χ3v) is 4.04. The Labute approximate surface area is 117 Å². The first kappa shape index (κ1) is 11.9. The van der Waals surface area contributed by atoms with Gasteiger partial charge in [0.05, 0.1) is 12.5 Å². The third kappa shape index (κ3) is 2.08. The molecule has 0 amide bonds. The maximum Gasteiger partial charge on any atom is 0.231 e. The lowest BCUT2D eigenvalue weighted by Crippen LogP contribution is -2.28. The SMILES string of the molecule is c1cc2c(cc1-c1noc(C3CCCNC3)n1)CCO2. The smallest absolute Gasteiger partial charge is 0.231 e. The van der Waals surface area contributed by atoms with E-state index in [2.05, 4.69) is 21.5 Å². The van der Waals surface area contributed by atoms with Crippen molar-refractivity contribution in [2.45, 2.75) is 25.2 Å². The largest absolute Gasteiger partial charge is 0.493 e. The molecule has 2 aliphatic heterocycles. The number of hydrogen-bond acceptors (Lipinski definition) is 5. The monoisotopic (exact) mass is 271 g/mol. The van der Waals surface area contributed by atoms with Crippen LogP contribution in [0.1, 0.15) is 30.2 Å². The van der Waals surface area contributed by atoms with Crippen molar-refractivity contribution in [3.05, 3.63) is 29.7 Å². The highest BCUT2D eigenvalue weighted by Gasteiger charge is 2.22. The molecule has 5 nitrogen and oxygen atoms in total. The quantitative estimate of drug-likeness (QED) is 0.906. The Bertz CT molecular complexity index is 617. The molecular weight excluding hydrogens is 254 g/mol. The summed E-state index contributed by atoms with van der Waals surface area (Å²) in [5.41, 5.74) is 2.24. The predicted octanol–water partition coefficient (Wildman–Crippen LogP) is 2.14. The molecule has 104 valence electrons. The van der Waals surface area contributed by atoms with Gasteiger partial charge in [0, 0.05) is 18.5 Å². The minimum Gasteiger partial charge on any atom is -0.493 e. The van der Waals surface area contributed by atoms with E-state index >= 15 is 0 Å². The highest BCUT2D eigenvalue weighted by molar-refractivity contribution is 5.59. The summed E-state index contributed by atoms with van der Waals surface area (Å²) in [4.78, 5) is 4.57. The van der Waals surface area contributed by atoms with Crippen molar-refractivity contribution in [3.8, 4) is 17.1 Å². The molecule has 2 aromatic rings. The first-order valence-electron chi connectivity index (χ1n) is 7.20. The molecule has 1 fully saturated rings. The molecule has 0 saturated carbocycles. The van der Waals surface area contributed by atoms with E-state index in [1.165, 1.54) is 12.0 Å². The van der Waals surface area contributed by atoms with Crippen molar-refractivity contribution in [1.82, 2.24) is 15.5 Å². The van der Waals surface area contributed by atoms with Crippen LogP contribution in [0.4, 0.5) is 0 Å². The molecule has 2 aliphatic rings. The summed E-state index contributed by atoms with van der Waals surface area (Å²) in [6.45, 7) is 2.78. The van der Waals surface area contributed by atoms with Crippen LogP contribution >= 0.6 is 0 Å². The average molecular weight is 271 g/mol. The topological polar surface area (TPSA) is 60.2 Å². The molecule has 1 aromatic heterocycles. The molecule has 20 heavy (non-hydrogen) atoms. The van der Waals surface area contributed by atoms with Gasteiger partial charge in [-0.2, -0.15) is 4.98 Å². The van der Waals surface area contributed by atoms with Gasteiger partial charge in [-0.1, -0.05) is 5.16 Å². The van der Waals surface area contributed by atoms with Gasteiger partial charge in [-0.15, -0.1) is 0 Å². The molecule has 0 radical (unpaired) electrons. The van der Waals surface area contributed by atoms with E-state index in [1.807, 2.05) is 12.1 Å². The van der Waals surface area contributed by atoms with Crippen LogP contribution in [0.25, 0.3) is 11.4 Å². The van der Waals surface area contributed by atoms with E-state index < -0.39 is 0 Å². The summed E-state index contributed by atoms with van der Waals surface area (Å²) >= 11 is 0. The average Bonchev–Trinajstić information content (AvgIpc) is 3.16. The number of piperidine rings is 1. The fourth-order valence-corrected chi connectivity index (χ4v) is 2.91. The van der Waals surface area contributed by atoms with Crippen molar-refractivity contribution >= 4 is 0 Å². The Balaban J connectivity index is 1.61. The summed E-state index contributed by atoms with van der Waals surface area (Å²) in [7, 11) is 0. The van der Waals surface area contributed by atoms with Gasteiger partial charge in [0.15, 0.2) is 0 Å². The van der Waals surface area contributed by atoms with Crippen molar-refractivity contribution in [1.29, 1.82) is 0 Å². The number of ether oxygens (including phenoxy) is 1. The molecule has 1 atom stereocenters. The van der Waals surface area contributed by atoms with E-state index in [-0.39, 0.29) is 0 Å². The summed E-state index contributed by atoms with van der Waals surface area (Å²) in [5, 5.41) is 7.50. The first-order chi connectivity index (χ1) is 9.90. The lowest BCUT2D eigenvalue weighted by Gasteiger charge is -2.18. The maximum atomic E-state index is 5.52. The van der Waals surface area contributed by atoms with Crippen LogP contribution in [0.2, 0.25) is 0 Å². The van der Waals surface area contributed by atoms with Crippen molar-refractivity contribution in [3.63, 3.8) is 0 Å². The number of nitrogens with one attached hydrogen (secondary N) is 1. The molecule has 4 rings (SSSR count). The molecule has 1 aromatic carbocycles. The summed E-state index contributed by atoms with van der Waals surface area (Å²) < 4.78 is 11.0. The van der Waals surface area contributed by atoms with Gasteiger partial charge in [-0.05, 0) is 43.1 Å². The van der Waals surface area contributed by atoms with Gasteiger partial charge in [-0.25, -0.2) is 0 Å².